The highest BCUT2D eigenvalue weighted by molar-refractivity contribution is 7.89. The van der Waals surface area contributed by atoms with Crippen molar-refractivity contribution in [1.82, 2.24) is 9.29 Å². The van der Waals surface area contributed by atoms with Crippen molar-refractivity contribution in [3.8, 4) is 11.8 Å². The van der Waals surface area contributed by atoms with Gasteiger partial charge in [-0.05, 0) is 18.4 Å². The van der Waals surface area contributed by atoms with E-state index in [1.807, 2.05) is 13.8 Å². The lowest BCUT2D eigenvalue weighted by molar-refractivity contribution is 0.350. The molecule has 20 heavy (non-hydrogen) atoms. The molecule has 1 N–H and O–H groups in total. The molecule has 0 aromatic carbocycles. The Hall–Kier alpha value is -1.42. The zero-order valence-electron chi connectivity index (χ0n) is 12.0. The quantitative estimate of drug-likeness (QED) is 0.826. The van der Waals surface area contributed by atoms with Crippen molar-refractivity contribution in [2.75, 3.05) is 20.2 Å². The number of nitrogens with zero attached hydrogens (tertiary/aromatic N) is 2. The third-order valence-corrected chi connectivity index (χ3v) is 4.58. The van der Waals surface area contributed by atoms with Crippen molar-refractivity contribution in [2.45, 2.75) is 25.2 Å². The number of aliphatic hydroxyl groups excluding tert-OH is 1. The number of hydrogen-bond donors (Lipinski definition) is 1. The van der Waals surface area contributed by atoms with Crippen molar-refractivity contribution >= 4 is 10.0 Å². The molecule has 0 radical (unpaired) electrons. The van der Waals surface area contributed by atoms with Crippen LogP contribution in [0.4, 0.5) is 0 Å². The monoisotopic (exact) mass is 296 g/mol. The van der Waals surface area contributed by atoms with E-state index in [0.29, 0.717) is 18.0 Å². The van der Waals surface area contributed by atoms with Crippen LogP contribution < -0.4 is 0 Å². The summed E-state index contributed by atoms with van der Waals surface area (Å²) < 4.78 is 26.0. The highest BCUT2D eigenvalue weighted by Gasteiger charge is 2.21. The molecule has 1 aromatic rings. The molecule has 0 aliphatic heterocycles. The standard InChI is InChI=1S/C14H20N2O3S/c1-12(2)6-7-16(3)20(18,19)14-9-13(5-4-8-17)10-15-11-14/h9-12,17H,6-8H2,1-3H3. The fraction of sp³-hybridized carbons (Fsp3) is 0.500. The number of pyridine rings is 1. The van der Waals surface area contributed by atoms with Crippen LogP contribution in [0.15, 0.2) is 23.4 Å². The van der Waals surface area contributed by atoms with Crippen LogP contribution in [0, 0.1) is 17.8 Å². The molecule has 0 unspecified atom stereocenters. The Bertz CT molecular complexity index is 600. The van der Waals surface area contributed by atoms with Gasteiger partial charge in [0.25, 0.3) is 0 Å². The molecule has 0 saturated carbocycles. The van der Waals surface area contributed by atoms with Crippen molar-refractivity contribution in [3.63, 3.8) is 0 Å². The van der Waals surface area contributed by atoms with E-state index in [2.05, 4.69) is 16.8 Å². The number of aliphatic hydroxyl groups is 1. The molecule has 0 amide bonds. The SMILES string of the molecule is CC(C)CCN(C)S(=O)(=O)c1cncc(C#CCO)c1. The van der Waals surface area contributed by atoms with Crippen LogP contribution in [0.2, 0.25) is 0 Å². The van der Waals surface area contributed by atoms with Gasteiger partial charge in [0.2, 0.25) is 10.0 Å². The first-order valence-corrected chi connectivity index (χ1v) is 7.83. The summed E-state index contributed by atoms with van der Waals surface area (Å²) in [5.41, 5.74) is 0.470. The zero-order chi connectivity index (χ0) is 15.2. The van der Waals surface area contributed by atoms with E-state index in [1.54, 1.807) is 7.05 Å². The van der Waals surface area contributed by atoms with Gasteiger partial charge in [-0.15, -0.1) is 0 Å². The van der Waals surface area contributed by atoms with Gasteiger partial charge in [0.1, 0.15) is 11.5 Å². The molecule has 0 aliphatic carbocycles. The van der Waals surface area contributed by atoms with E-state index < -0.39 is 10.0 Å². The highest BCUT2D eigenvalue weighted by Crippen LogP contribution is 2.15. The van der Waals surface area contributed by atoms with E-state index >= 15 is 0 Å². The van der Waals surface area contributed by atoms with Gasteiger partial charge in [0, 0.05) is 31.5 Å². The van der Waals surface area contributed by atoms with Gasteiger partial charge in [-0.3, -0.25) is 4.98 Å². The van der Waals surface area contributed by atoms with Gasteiger partial charge < -0.3 is 5.11 Å². The fourth-order valence-corrected chi connectivity index (χ4v) is 2.69. The lowest BCUT2D eigenvalue weighted by Gasteiger charge is -2.18. The maximum Gasteiger partial charge on any atom is 0.244 e. The predicted octanol–water partition coefficient (Wildman–Crippen LogP) is 1.09. The summed E-state index contributed by atoms with van der Waals surface area (Å²) >= 11 is 0. The van der Waals surface area contributed by atoms with Crippen LogP contribution in [0.5, 0.6) is 0 Å². The minimum atomic E-state index is -3.54. The third kappa shape index (κ3) is 4.60. The Morgan fingerprint density at radius 3 is 2.70 bits per heavy atom. The van der Waals surface area contributed by atoms with Crippen LogP contribution in [-0.2, 0) is 10.0 Å². The number of hydrogen-bond acceptors (Lipinski definition) is 4. The second-order valence-corrected chi connectivity index (χ2v) is 6.92. The molecule has 0 bridgehead atoms. The molecule has 1 rings (SSSR count). The summed E-state index contributed by atoms with van der Waals surface area (Å²) in [5, 5.41) is 8.65. The number of sulfonamides is 1. The zero-order valence-corrected chi connectivity index (χ0v) is 12.8. The lowest BCUT2D eigenvalue weighted by atomic mass is 10.1. The minimum absolute atomic E-state index is 0.119. The summed E-state index contributed by atoms with van der Waals surface area (Å²) in [7, 11) is -1.98. The van der Waals surface area contributed by atoms with Gasteiger partial charge >= 0.3 is 0 Å². The first-order valence-electron chi connectivity index (χ1n) is 6.39. The molecule has 1 heterocycles. The number of rotatable bonds is 5. The van der Waals surface area contributed by atoms with E-state index in [-0.39, 0.29) is 11.5 Å². The highest BCUT2D eigenvalue weighted by atomic mass is 32.2. The predicted molar refractivity (Wildman–Crippen MR) is 77.5 cm³/mol. The summed E-state index contributed by atoms with van der Waals surface area (Å²) in [6, 6.07) is 1.47. The van der Waals surface area contributed by atoms with Gasteiger partial charge in [0.15, 0.2) is 0 Å². The molecule has 0 fully saturated rings. The van der Waals surface area contributed by atoms with Crippen LogP contribution >= 0.6 is 0 Å². The molecule has 110 valence electrons. The smallest absolute Gasteiger partial charge is 0.244 e. The summed E-state index contributed by atoms with van der Waals surface area (Å²) in [6.07, 6.45) is 3.58. The van der Waals surface area contributed by atoms with Gasteiger partial charge in [-0.2, -0.15) is 0 Å². The first kappa shape index (κ1) is 16.6. The molecule has 0 atom stereocenters. The maximum atomic E-state index is 12.4. The Kier molecular flexibility index (Phi) is 6.14. The second kappa shape index (κ2) is 7.39. The molecule has 1 aromatic heterocycles. The lowest BCUT2D eigenvalue weighted by Crippen LogP contribution is -2.28. The molecule has 5 nitrogen and oxygen atoms in total. The fourth-order valence-electron chi connectivity index (χ4n) is 1.51. The van der Waals surface area contributed by atoms with Crippen molar-refractivity contribution in [1.29, 1.82) is 0 Å². The molecule has 0 spiro atoms. The van der Waals surface area contributed by atoms with Crippen molar-refractivity contribution in [2.24, 2.45) is 5.92 Å². The van der Waals surface area contributed by atoms with Crippen molar-refractivity contribution in [3.05, 3.63) is 24.0 Å². The Labute approximate surface area is 120 Å². The van der Waals surface area contributed by atoms with Crippen molar-refractivity contribution < 1.29 is 13.5 Å². The molecular weight excluding hydrogens is 276 g/mol. The molecular formula is C14H20N2O3S. The summed E-state index contributed by atoms with van der Waals surface area (Å²) in [5.74, 6) is 5.56. The van der Waals surface area contributed by atoms with Gasteiger partial charge in [0.05, 0.1) is 0 Å². The van der Waals surface area contributed by atoms with E-state index in [1.165, 1.54) is 22.8 Å². The third-order valence-electron chi connectivity index (χ3n) is 2.75. The number of aromatic nitrogens is 1. The molecule has 6 heteroatoms. The molecule has 0 saturated heterocycles. The second-order valence-electron chi connectivity index (χ2n) is 4.88. The topological polar surface area (TPSA) is 70.5 Å². The Morgan fingerprint density at radius 1 is 1.40 bits per heavy atom. The Balaban J connectivity index is 2.97. The average molecular weight is 296 g/mol. The van der Waals surface area contributed by atoms with E-state index in [9.17, 15) is 8.42 Å². The van der Waals surface area contributed by atoms with Crippen LogP contribution in [0.25, 0.3) is 0 Å². The maximum absolute atomic E-state index is 12.4. The van der Waals surface area contributed by atoms with E-state index in [0.717, 1.165) is 6.42 Å². The van der Waals surface area contributed by atoms with Crippen LogP contribution in [0.3, 0.4) is 0 Å². The van der Waals surface area contributed by atoms with Gasteiger partial charge in [-0.1, -0.05) is 25.7 Å². The summed E-state index contributed by atoms with van der Waals surface area (Å²) in [6.45, 7) is 4.29. The molecule has 0 aliphatic rings. The van der Waals surface area contributed by atoms with E-state index in [4.69, 9.17) is 5.11 Å². The largest absolute Gasteiger partial charge is 0.384 e. The van der Waals surface area contributed by atoms with Gasteiger partial charge in [-0.25, -0.2) is 12.7 Å². The normalized spacial score (nSPS) is 11.5. The van der Waals surface area contributed by atoms with Crippen LogP contribution in [-0.4, -0.2) is 43.0 Å². The average Bonchev–Trinajstić information content (AvgIpc) is 2.42. The summed E-state index contributed by atoms with van der Waals surface area (Å²) in [4.78, 5) is 4.01. The minimum Gasteiger partial charge on any atom is -0.384 e. The first-order chi connectivity index (χ1) is 9.37. The Morgan fingerprint density at radius 2 is 2.10 bits per heavy atom. The van der Waals surface area contributed by atoms with Crippen LogP contribution in [0.1, 0.15) is 25.8 Å².